The zero-order valence-corrected chi connectivity index (χ0v) is 37.3. The van der Waals surface area contributed by atoms with E-state index in [4.69, 9.17) is 19.0 Å². The molecule has 1 aliphatic heterocycles. The highest BCUT2D eigenvalue weighted by molar-refractivity contribution is 7.98. The van der Waals surface area contributed by atoms with Gasteiger partial charge in [-0.1, -0.05) is 97.1 Å². The summed E-state index contributed by atoms with van der Waals surface area (Å²) in [6.07, 6.45) is 2.38. The number of rotatable bonds is 16. The minimum Gasteiger partial charge on any atom is -0.465 e. The Morgan fingerprint density at radius 1 is 0.578 bits per heavy atom. The third-order valence-corrected chi connectivity index (χ3v) is 12.1. The quantitative estimate of drug-likeness (QED) is 0.0431. The highest BCUT2D eigenvalue weighted by Gasteiger charge is 2.24. The number of amides is 2. The minimum atomic E-state index is -0.441. The molecule has 0 bridgehead atoms. The molecule has 0 aromatic heterocycles. The number of esters is 2. The van der Waals surface area contributed by atoms with Crippen LogP contribution in [0.1, 0.15) is 82.9 Å². The second-order valence-corrected chi connectivity index (χ2v) is 16.6. The summed E-state index contributed by atoms with van der Waals surface area (Å²) < 4.78 is 15.4. The van der Waals surface area contributed by atoms with Crippen LogP contribution in [0.25, 0.3) is 0 Å². The first-order valence-corrected chi connectivity index (χ1v) is 22.7. The molecule has 2 amide bonds. The van der Waals surface area contributed by atoms with E-state index in [9.17, 15) is 24.4 Å². The first-order chi connectivity index (χ1) is 31.2. The van der Waals surface area contributed by atoms with Gasteiger partial charge in [-0.3, -0.25) is 14.8 Å². The number of hydrogen-bond acceptors (Lipinski definition) is 11. The molecule has 6 aromatic rings. The molecule has 1 unspecified atom stereocenters. The van der Waals surface area contributed by atoms with Crippen LogP contribution in [0.3, 0.4) is 0 Å². The molecular weight excluding hydrogens is 849 g/mol. The van der Waals surface area contributed by atoms with Gasteiger partial charge in [0, 0.05) is 45.5 Å². The summed E-state index contributed by atoms with van der Waals surface area (Å²) in [7, 11) is 2.76. The summed E-state index contributed by atoms with van der Waals surface area (Å²) in [4.78, 5) is 57.3. The maximum Gasteiger partial charge on any atom is 0.338 e. The van der Waals surface area contributed by atoms with Crippen molar-refractivity contribution in [2.24, 2.45) is 0 Å². The average molecular weight is 899 g/mol. The molecule has 0 radical (unpaired) electrons. The van der Waals surface area contributed by atoms with Crippen LogP contribution in [-0.4, -0.2) is 66.2 Å². The van der Waals surface area contributed by atoms with Crippen LogP contribution in [-0.2, 0) is 43.6 Å². The Hall–Kier alpha value is -6.22. The molecule has 13 heteroatoms. The summed E-state index contributed by atoms with van der Waals surface area (Å²) in [5.41, 5.74) is 5.75. The van der Waals surface area contributed by atoms with Gasteiger partial charge in [0.05, 0.1) is 38.4 Å². The smallest absolute Gasteiger partial charge is 0.338 e. The molecule has 1 atom stereocenters. The van der Waals surface area contributed by atoms with Crippen LogP contribution in [0.15, 0.2) is 168 Å². The molecule has 0 saturated carbocycles. The number of hydrogen-bond donors (Lipinski definition) is 1. The molecule has 330 valence electrons. The number of nitrogens with zero attached hydrogens (tertiary/aromatic N) is 2. The zero-order chi connectivity index (χ0) is 45.1. The van der Waals surface area contributed by atoms with E-state index in [0.29, 0.717) is 52.0 Å². The lowest BCUT2D eigenvalue weighted by Crippen LogP contribution is -2.37. The Balaban J connectivity index is 0.000000216. The van der Waals surface area contributed by atoms with Crippen LogP contribution < -0.4 is 0 Å². The largest absolute Gasteiger partial charge is 0.465 e. The molecule has 1 fully saturated rings. The lowest BCUT2D eigenvalue weighted by molar-refractivity contribution is -0.270. The number of carbonyl (C=O) groups excluding carboxylic acids is 4. The van der Waals surface area contributed by atoms with Crippen LogP contribution in [0, 0.1) is 0 Å². The van der Waals surface area contributed by atoms with Gasteiger partial charge in [-0.2, -0.15) is 0 Å². The highest BCUT2D eigenvalue weighted by Crippen LogP contribution is 2.28. The van der Waals surface area contributed by atoms with Crippen LogP contribution in [0.5, 0.6) is 0 Å². The normalized spacial score (nSPS) is 13.1. The zero-order valence-electron chi connectivity index (χ0n) is 35.7. The van der Waals surface area contributed by atoms with Crippen molar-refractivity contribution in [2.45, 2.75) is 59.9 Å². The van der Waals surface area contributed by atoms with Crippen LogP contribution in [0.2, 0.25) is 0 Å². The Bertz CT molecular complexity index is 2430. The van der Waals surface area contributed by atoms with Gasteiger partial charge in [0.2, 0.25) is 0 Å². The summed E-state index contributed by atoms with van der Waals surface area (Å²) in [5.74, 6) is -0.0420. The molecular formula is C51H50N2O9S2. The van der Waals surface area contributed by atoms with Crippen molar-refractivity contribution < 1.29 is 43.4 Å². The van der Waals surface area contributed by atoms with E-state index in [1.54, 1.807) is 72.1 Å². The van der Waals surface area contributed by atoms with Gasteiger partial charge in [0.25, 0.3) is 11.8 Å². The number of hydroxylamine groups is 4. The van der Waals surface area contributed by atoms with E-state index in [1.165, 1.54) is 19.3 Å². The molecule has 1 N–H and O–H groups in total. The first-order valence-electron chi connectivity index (χ1n) is 20.7. The van der Waals surface area contributed by atoms with Gasteiger partial charge in [-0.05, 0) is 95.8 Å². The van der Waals surface area contributed by atoms with Crippen molar-refractivity contribution in [3.8, 4) is 0 Å². The van der Waals surface area contributed by atoms with Gasteiger partial charge < -0.3 is 14.2 Å². The Morgan fingerprint density at radius 2 is 1.03 bits per heavy atom. The summed E-state index contributed by atoms with van der Waals surface area (Å²) in [6, 6.07) is 48.2. The molecule has 1 aliphatic rings. The topological polar surface area (TPSA) is 132 Å². The summed E-state index contributed by atoms with van der Waals surface area (Å²) in [6.45, 7) is 1.05. The number of methoxy groups -OCH3 is 2. The SMILES string of the molecule is COC(=O)c1ccccc1CSc1ccc(CN(O)C(=O)c2ccccc2)cc1.COC(=O)c1ccccc1CSc1ccc(CN(OC2CCCCO2)C(=O)c2ccccc2)cc1. The van der Waals surface area contributed by atoms with Gasteiger partial charge >= 0.3 is 11.9 Å². The average Bonchev–Trinajstić information content (AvgIpc) is 3.36. The number of thioether (sulfide) groups is 2. The Morgan fingerprint density at radius 3 is 1.50 bits per heavy atom. The monoisotopic (exact) mass is 898 g/mol. The molecule has 11 nitrogen and oxygen atoms in total. The highest BCUT2D eigenvalue weighted by atomic mass is 32.2. The second kappa shape index (κ2) is 24.6. The predicted octanol–water partition coefficient (Wildman–Crippen LogP) is 10.7. The third-order valence-electron chi connectivity index (χ3n) is 10.0. The van der Waals surface area contributed by atoms with Crippen LogP contribution in [0.4, 0.5) is 0 Å². The number of ether oxygens (including phenoxy) is 3. The maximum atomic E-state index is 13.2. The van der Waals surface area contributed by atoms with Crippen molar-refractivity contribution in [3.63, 3.8) is 0 Å². The lowest BCUT2D eigenvalue weighted by atomic mass is 10.1. The summed E-state index contributed by atoms with van der Waals surface area (Å²) in [5, 5.41) is 12.2. The maximum absolute atomic E-state index is 13.2. The predicted molar refractivity (Wildman–Crippen MR) is 247 cm³/mol. The van der Waals surface area contributed by atoms with Crippen molar-refractivity contribution in [3.05, 3.63) is 202 Å². The molecule has 7 rings (SSSR count). The fraction of sp³-hybridized carbons (Fsp3) is 0.216. The van der Waals surface area contributed by atoms with Gasteiger partial charge in [0.15, 0.2) is 6.29 Å². The van der Waals surface area contributed by atoms with Crippen LogP contribution >= 0.6 is 23.5 Å². The fourth-order valence-corrected chi connectivity index (χ4v) is 8.38. The van der Waals surface area contributed by atoms with E-state index >= 15 is 0 Å². The van der Waals surface area contributed by atoms with Gasteiger partial charge in [0.1, 0.15) is 0 Å². The molecule has 6 aromatic carbocycles. The van der Waals surface area contributed by atoms with E-state index in [-0.39, 0.29) is 24.4 Å². The molecule has 1 heterocycles. The number of benzene rings is 6. The second-order valence-electron chi connectivity index (χ2n) is 14.5. The van der Waals surface area contributed by atoms with Crippen molar-refractivity contribution in [1.29, 1.82) is 0 Å². The standard InChI is InChI=1S/C28H29NO5S.C23H21NO4S/c1-32-28(31)25-12-6-5-11-23(25)20-35-24-16-14-21(15-17-24)19-29(34-26-13-7-8-18-33-26)27(30)22-9-3-2-4-10-22;1-28-23(26)21-10-6-5-9-19(21)16-29-20-13-11-17(12-14-20)15-24(27)22(25)18-7-3-2-4-8-18/h2-6,9-12,14-17,26H,7-8,13,18-20H2,1H3;2-14,27H,15-16H2,1H3. The third kappa shape index (κ3) is 13.9. The van der Waals surface area contributed by atoms with Crippen molar-refractivity contribution >= 4 is 47.3 Å². The van der Waals surface area contributed by atoms with Gasteiger partial charge in [-0.15, -0.1) is 23.5 Å². The van der Waals surface area contributed by atoms with E-state index < -0.39 is 12.2 Å². The fourth-order valence-electron chi connectivity index (χ4n) is 6.57. The first kappa shape index (κ1) is 47.3. The van der Waals surface area contributed by atoms with E-state index in [2.05, 4.69) is 0 Å². The minimum absolute atomic E-state index is 0.101. The van der Waals surface area contributed by atoms with Crippen molar-refractivity contribution in [1.82, 2.24) is 10.1 Å². The molecule has 1 saturated heterocycles. The Labute approximate surface area is 382 Å². The van der Waals surface area contributed by atoms with Crippen molar-refractivity contribution in [2.75, 3.05) is 20.8 Å². The lowest BCUT2D eigenvalue weighted by Gasteiger charge is -2.29. The molecule has 64 heavy (non-hydrogen) atoms. The summed E-state index contributed by atoms with van der Waals surface area (Å²) >= 11 is 3.23. The van der Waals surface area contributed by atoms with E-state index in [0.717, 1.165) is 51.3 Å². The Kier molecular flexibility index (Phi) is 18.2. The van der Waals surface area contributed by atoms with Gasteiger partial charge in [-0.25, -0.2) is 24.6 Å². The van der Waals surface area contributed by atoms with E-state index in [1.807, 2.05) is 109 Å². The molecule has 0 spiro atoms. The number of carbonyl (C=O) groups is 4. The molecule has 0 aliphatic carbocycles.